The molecule has 2 aromatic rings. The summed E-state index contributed by atoms with van der Waals surface area (Å²) in [5.74, 6) is 0. The first-order chi connectivity index (χ1) is 9.25. The van der Waals surface area contributed by atoms with Crippen LogP contribution in [0.5, 0.6) is 0 Å². The second kappa shape index (κ2) is 5.48. The van der Waals surface area contributed by atoms with Crippen molar-refractivity contribution in [2.45, 2.75) is 45.2 Å². The molecule has 0 saturated carbocycles. The third-order valence-corrected chi connectivity index (χ3v) is 5.32. The Labute approximate surface area is 119 Å². The van der Waals surface area contributed by atoms with Gasteiger partial charge in [-0.3, -0.25) is 0 Å². The summed E-state index contributed by atoms with van der Waals surface area (Å²) in [6.07, 6.45) is 3.79. The van der Waals surface area contributed by atoms with Gasteiger partial charge in [0.2, 0.25) is 0 Å². The predicted molar refractivity (Wildman–Crippen MR) is 82.7 cm³/mol. The van der Waals surface area contributed by atoms with Gasteiger partial charge in [0.15, 0.2) is 0 Å². The van der Waals surface area contributed by atoms with Crippen molar-refractivity contribution in [3.8, 4) is 0 Å². The molecule has 0 fully saturated rings. The molecular weight excluding hydrogens is 250 g/mol. The highest BCUT2D eigenvalue weighted by Crippen LogP contribution is 2.33. The van der Waals surface area contributed by atoms with Gasteiger partial charge in [0.1, 0.15) is 0 Å². The fraction of sp³-hybridized carbons (Fsp3) is 0.412. The van der Waals surface area contributed by atoms with E-state index in [1.54, 1.807) is 0 Å². The Morgan fingerprint density at radius 1 is 1.26 bits per heavy atom. The van der Waals surface area contributed by atoms with Crippen LogP contribution in [-0.2, 0) is 6.42 Å². The molecule has 2 heteroatoms. The van der Waals surface area contributed by atoms with E-state index in [9.17, 15) is 0 Å². The van der Waals surface area contributed by atoms with Crippen molar-refractivity contribution < 1.29 is 0 Å². The molecule has 1 aromatic carbocycles. The minimum absolute atomic E-state index is 0.441. The third-order valence-electron chi connectivity index (χ3n) is 4.12. The molecule has 2 unspecified atom stereocenters. The van der Waals surface area contributed by atoms with Crippen LogP contribution < -0.4 is 5.32 Å². The van der Waals surface area contributed by atoms with Crippen LogP contribution in [0.25, 0.3) is 0 Å². The van der Waals surface area contributed by atoms with Crippen molar-refractivity contribution in [2.75, 3.05) is 0 Å². The molecule has 1 aliphatic carbocycles. The van der Waals surface area contributed by atoms with Crippen LogP contribution in [0.15, 0.2) is 35.7 Å². The lowest BCUT2D eigenvalue weighted by Gasteiger charge is -2.29. The smallest absolute Gasteiger partial charge is 0.0393 e. The molecule has 0 spiro atoms. The summed E-state index contributed by atoms with van der Waals surface area (Å²) in [4.78, 5) is 1.48. The van der Waals surface area contributed by atoms with Crippen LogP contribution >= 0.6 is 11.3 Å². The molecule has 1 aliphatic rings. The summed E-state index contributed by atoms with van der Waals surface area (Å²) >= 11 is 1.87. The zero-order valence-electron chi connectivity index (χ0n) is 11.6. The van der Waals surface area contributed by atoms with Crippen molar-refractivity contribution in [2.24, 2.45) is 0 Å². The van der Waals surface area contributed by atoms with Crippen molar-refractivity contribution in [1.29, 1.82) is 0 Å². The SMILES string of the molecule is Cc1ccsc1C(C)NC1CCCc2ccccc21. The number of thiophene rings is 1. The van der Waals surface area contributed by atoms with E-state index in [2.05, 4.69) is 54.9 Å². The Bertz CT molecular complexity index is 558. The van der Waals surface area contributed by atoms with Gasteiger partial charge in [-0.05, 0) is 61.2 Å². The first kappa shape index (κ1) is 12.9. The molecule has 19 heavy (non-hydrogen) atoms. The fourth-order valence-electron chi connectivity index (χ4n) is 3.13. The predicted octanol–water partition coefficient (Wildman–Crippen LogP) is 4.78. The number of hydrogen-bond donors (Lipinski definition) is 1. The molecule has 0 amide bonds. The monoisotopic (exact) mass is 271 g/mol. The third kappa shape index (κ3) is 2.60. The molecule has 3 rings (SSSR count). The maximum atomic E-state index is 3.83. The van der Waals surface area contributed by atoms with Gasteiger partial charge in [-0.2, -0.15) is 0 Å². The quantitative estimate of drug-likeness (QED) is 0.846. The summed E-state index contributed by atoms with van der Waals surface area (Å²) in [5, 5.41) is 6.02. The number of benzene rings is 1. The van der Waals surface area contributed by atoms with Crippen molar-refractivity contribution in [1.82, 2.24) is 5.32 Å². The highest BCUT2D eigenvalue weighted by molar-refractivity contribution is 7.10. The molecule has 0 radical (unpaired) electrons. The lowest BCUT2D eigenvalue weighted by atomic mass is 9.87. The summed E-state index contributed by atoms with van der Waals surface area (Å²) in [6, 6.07) is 12.1. The number of rotatable bonds is 3. The van der Waals surface area contributed by atoms with Gasteiger partial charge in [-0.1, -0.05) is 24.3 Å². The van der Waals surface area contributed by atoms with Crippen LogP contribution in [0, 0.1) is 6.92 Å². The largest absolute Gasteiger partial charge is 0.303 e. The highest BCUT2D eigenvalue weighted by Gasteiger charge is 2.22. The van der Waals surface area contributed by atoms with Crippen molar-refractivity contribution >= 4 is 11.3 Å². The Hall–Kier alpha value is -1.12. The van der Waals surface area contributed by atoms with E-state index in [4.69, 9.17) is 0 Å². The molecule has 1 aromatic heterocycles. The van der Waals surface area contributed by atoms with Crippen LogP contribution in [-0.4, -0.2) is 0 Å². The van der Waals surface area contributed by atoms with E-state index in [0.29, 0.717) is 12.1 Å². The highest BCUT2D eigenvalue weighted by atomic mass is 32.1. The topological polar surface area (TPSA) is 12.0 Å². The van der Waals surface area contributed by atoms with E-state index in [0.717, 1.165) is 0 Å². The number of fused-ring (bicyclic) bond motifs is 1. The molecule has 0 bridgehead atoms. The molecule has 100 valence electrons. The van der Waals surface area contributed by atoms with Crippen molar-refractivity contribution in [3.05, 3.63) is 57.3 Å². The average molecular weight is 271 g/mol. The van der Waals surface area contributed by atoms with Gasteiger partial charge in [-0.25, -0.2) is 0 Å². The second-order valence-electron chi connectivity index (χ2n) is 5.50. The van der Waals surface area contributed by atoms with E-state index < -0.39 is 0 Å². The van der Waals surface area contributed by atoms with Gasteiger partial charge in [-0.15, -0.1) is 11.3 Å². The standard InChI is InChI=1S/C17H21NS/c1-12-10-11-19-17(12)13(2)18-16-9-5-7-14-6-3-4-8-15(14)16/h3-4,6,8,10-11,13,16,18H,5,7,9H2,1-2H3. The fourth-order valence-corrected chi connectivity index (χ4v) is 4.08. The summed E-state index contributed by atoms with van der Waals surface area (Å²) < 4.78 is 0. The van der Waals surface area contributed by atoms with Gasteiger partial charge >= 0.3 is 0 Å². The Balaban J connectivity index is 1.80. The van der Waals surface area contributed by atoms with Crippen LogP contribution in [0.1, 0.15) is 53.4 Å². The molecule has 1 N–H and O–H groups in total. The first-order valence-electron chi connectivity index (χ1n) is 7.13. The van der Waals surface area contributed by atoms with Crippen LogP contribution in [0.2, 0.25) is 0 Å². The van der Waals surface area contributed by atoms with Gasteiger partial charge in [0.05, 0.1) is 0 Å². The summed E-state index contributed by atoms with van der Waals surface area (Å²) in [6.45, 7) is 4.49. The van der Waals surface area contributed by atoms with Crippen LogP contribution in [0.4, 0.5) is 0 Å². The van der Waals surface area contributed by atoms with E-state index in [1.165, 1.54) is 40.8 Å². The number of hydrogen-bond acceptors (Lipinski definition) is 2. The normalized spacial score (nSPS) is 20.0. The van der Waals surface area contributed by atoms with Gasteiger partial charge in [0, 0.05) is 17.0 Å². The second-order valence-corrected chi connectivity index (χ2v) is 6.45. The Morgan fingerprint density at radius 3 is 2.89 bits per heavy atom. The van der Waals surface area contributed by atoms with Gasteiger partial charge < -0.3 is 5.32 Å². The Kier molecular flexibility index (Phi) is 3.72. The summed E-state index contributed by atoms with van der Waals surface area (Å²) in [7, 11) is 0. The zero-order valence-corrected chi connectivity index (χ0v) is 12.5. The molecule has 0 saturated heterocycles. The van der Waals surface area contributed by atoms with E-state index in [-0.39, 0.29) is 0 Å². The molecule has 1 heterocycles. The molecule has 2 atom stereocenters. The van der Waals surface area contributed by atoms with E-state index in [1.807, 2.05) is 11.3 Å². The average Bonchev–Trinajstić information content (AvgIpc) is 2.85. The molecular formula is C17H21NS. The lowest BCUT2D eigenvalue weighted by molar-refractivity contribution is 0.418. The number of nitrogens with one attached hydrogen (secondary N) is 1. The first-order valence-corrected chi connectivity index (χ1v) is 8.01. The maximum Gasteiger partial charge on any atom is 0.0393 e. The molecule has 1 nitrogen and oxygen atoms in total. The molecule has 0 aliphatic heterocycles. The lowest BCUT2D eigenvalue weighted by Crippen LogP contribution is -2.27. The maximum absolute atomic E-state index is 3.83. The Morgan fingerprint density at radius 2 is 2.11 bits per heavy atom. The van der Waals surface area contributed by atoms with Crippen molar-refractivity contribution in [3.63, 3.8) is 0 Å². The van der Waals surface area contributed by atoms with E-state index >= 15 is 0 Å². The van der Waals surface area contributed by atoms with Crippen LogP contribution in [0.3, 0.4) is 0 Å². The number of aryl methyl sites for hydroxylation is 2. The van der Waals surface area contributed by atoms with Gasteiger partial charge in [0.25, 0.3) is 0 Å². The zero-order chi connectivity index (χ0) is 13.2. The minimum Gasteiger partial charge on any atom is -0.303 e. The minimum atomic E-state index is 0.441. The summed E-state index contributed by atoms with van der Waals surface area (Å²) in [5.41, 5.74) is 4.45.